The van der Waals surface area contributed by atoms with Crippen LogP contribution >= 0.6 is 11.6 Å². The highest BCUT2D eigenvalue weighted by Crippen LogP contribution is 2.28. The maximum absolute atomic E-state index is 10.6. The number of hydrogen-bond donors (Lipinski definition) is 1. The second-order valence-corrected chi connectivity index (χ2v) is 4.93. The van der Waals surface area contributed by atoms with Crippen LogP contribution < -0.4 is 0 Å². The van der Waals surface area contributed by atoms with Gasteiger partial charge < -0.3 is 9.84 Å². The van der Waals surface area contributed by atoms with Crippen LogP contribution in [-0.2, 0) is 17.8 Å². The summed E-state index contributed by atoms with van der Waals surface area (Å²) in [6.45, 7) is 5.60. The van der Waals surface area contributed by atoms with Crippen molar-refractivity contribution in [3.63, 3.8) is 0 Å². The second-order valence-electron chi connectivity index (χ2n) is 4.52. The van der Waals surface area contributed by atoms with E-state index in [1.165, 1.54) is 6.20 Å². The summed E-state index contributed by atoms with van der Waals surface area (Å²) in [5, 5.41) is 19.6. The van der Waals surface area contributed by atoms with Crippen molar-refractivity contribution in [3.8, 4) is 0 Å². The van der Waals surface area contributed by atoms with Crippen molar-refractivity contribution >= 4 is 11.6 Å². The highest BCUT2D eigenvalue weighted by atomic mass is 35.5. The van der Waals surface area contributed by atoms with Crippen LogP contribution in [0.25, 0.3) is 0 Å². The van der Waals surface area contributed by atoms with E-state index in [0.29, 0.717) is 36.1 Å². The third-order valence-corrected chi connectivity index (χ3v) is 3.40. The van der Waals surface area contributed by atoms with Crippen molar-refractivity contribution in [2.75, 3.05) is 13.7 Å². The topological polar surface area (TPSA) is 65.1 Å². The van der Waals surface area contributed by atoms with Gasteiger partial charge in [0, 0.05) is 13.7 Å². The van der Waals surface area contributed by atoms with Crippen LogP contribution in [0.15, 0.2) is 12.3 Å². The molecule has 0 aliphatic rings. The summed E-state index contributed by atoms with van der Waals surface area (Å²) in [4.78, 5) is 0. The van der Waals surface area contributed by atoms with Gasteiger partial charge in [-0.05, 0) is 19.9 Å². The number of methoxy groups -OCH3 is 1. The lowest BCUT2D eigenvalue weighted by atomic mass is 10.1. The Bertz CT molecular complexity index is 579. The fourth-order valence-electron chi connectivity index (χ4n) is 2.18. The largest absolute Gasteiger partial charge is 0.383 e. The monoisotopic (exact) mass is 298 g/mol. The molecule has 2 heterocycles. The molecule has 110 valence electrons. The van der Waals surface area contributed by atoms with E-state index in [1.54, 1.807) is 16.5 Å². The fraction of sp³-hybridized carbons (Fsp3) is 0.538. The maximum Gasteiger partial charge on any atom is 0.139 e. The Kier molecular flexibility index (Phi) is 4.80. The summed E-state index contributed by atoms with van der Waals surface area (Å²) >= 11 is 6.16. The summed E-state index contributed by atoms with van der Waals surface area (Å²) in [5.41, 5.74) is 2.14. The Morgan fingerprint density at radius 3 is 2.85 bits per heavy atom. The molecule has 1 unspecified atom stereocenters. The van der Waals surface area contributed by atoms with E-state index in [0.717, 1.165) is 5.69 Å². The predicted octanol–water partition coefficient (Wildman–Crippen LogP) is 1.79. The standard InChI is InChI=1S/C13H19ClN4O2/c1-4-17-11(7-9(2)16-17)13(19)12-10(14)8-15-18(12)5-6-20-3/h7-8,13,19H,4-6H2,1-3H3. The van der Waals surface area contributed by atoms with Gasteiger partial charge in [0.15, 0.2) is 0 Å². The zero-order valence-corrected chi connectivity index (χ0v) is 12.6. The molecule has 6 nitrogen and oxygen atoms in total. The number of nitrogens with zero attached hydrogens (tertiary/aromatic N) is 4. The molecule has 2 aromatic rings. The molecule has 0 amide bonds. The quantitative estimate of drug-likeness (QED) is 0.883. The van der Waals surface area contributed by atoms with Crippen LogP contribution in [0.2, 0.25) is 5.02 Å². The van der Waals surface area contributed by atoms with Gasteiger partial charge in [-0.25, -0.2) is 0 Å². The molecule has 0 aliphatic heterocycles. The molecule has 0 spiro atoms. The Morgan fingerprint density at radius 1 is 1.45 bits per heavy atom. The van der Waals surface area contributed by atoms with E-state index in [-0.39, 0.29) is 0 Å². The van der Waals surface area contributed by atoms with Crippen LogP contribution in [0.1, 0.15) is 30.1 Å². The van der Waals surface area contributed by atoms with Crippen molar-refractivity contribution in [1.29, 1.82) is 0 Å². The second kappa shape index (κ2) is 6.39. The summed E-state index contributed by atoms with van der Waals surface area (Å²) in [6, 6.07) is 1.86. The van der Waals surface area contributed by atoms with Gasteiger partial charge in [0.2, 0.25) is 0 Å². The van der Waals surface area contributed by atoms with E-state index in [4.69, 9.17) is 16.3 Å². The van der Waals surface area contributed by atoms with Crippen LogP contribution in [-0.4, -0.2) is 38.4 Å². The molecule has 0 aliphatic carbocycles. The number of aliphatic hydroxyl groups is 1. The van der Waals surface area contributed by atoms with Gasteiger partial charge >= 0.3 is 0 Å². The van der Waals surface area contributed by atoms with Crippen molar-refractivity contribution in [3.05, 3.63) is 34.4 Å². The van der Waals surface area contributed by atoms with E-state index in [1.807, 2.05) is 19.9 Å². The summed E-state index contributed by atoms with van der Waals surface area (Å²) in [5.74, 6) is 0. The van der Waals surface area contributed by atoms with Crippen LogP contribution in [0.4, 0.5) is 0 Å². The van der Waals surface area contributed by atoms with Crippen molar-refractivity contribution < 1.29 is 9.84 Å². The molecule has 0 radical (unpaired) electrons. The summed E-state index contributed by atoms with van der Waals surface area (Å²) < 4.78 is 8.47. The average Bonchev–Trinajstić information content (AvgIpc) is 2.98. The first-order valence-corrected chi connectivity index (χ1v) is 6.88. The molecule has 0 aromatic carbocycles. The van der Waals surface area contributed by atoms with Gasteiger partial charge in [0.1, 0.15) is 6.10 Å². The van der Waals surface area contributed by atoms with E-state index >= 15 is 0 Å². The molecule has 7 heteroatoms. The van der Waals surface area contributed by atoms with Gasteiger partial charge in [-0.2, -0.15) is 10.2 Å². The minimum absolute atomic E-state index is 0.440. The lowest BCUT2D eigenvalue weighted by Crippen LogP contribution is -2.16. The number of aromatic nitrogens is 4. The van der Waals surface area contributed by atoms with Crippen molar-refractivity contribution in [1.82, 2.24) is 19.6 Å². The van der Waals surface area contributed by atoms with Crippen molar-refractivity contribution in [2.45, 2.75) is 33.0 Å². The van der Waals surface area contributed by atoms with E-state index in [9.17, 15) is 5.11 Å². The molecule has 2 rings (SSSR count). The maximum atomic E-state index is 10.6. The highest BCUT2D eigenvalue weighted by Gasteiger charge is 2.23. The fourth-order valence-corrected chi connectivity index (χ4v) is 2.42. The Morgan fingerprint density at radius 2 is 2.20 bits per heavy atom. The first-order chi connectivity index (χ1) is 9.58. The number of hydrogen-bond acceptors (Lipinski definition) is 4. The average molecular weight is 299 g/mol. The van der Waals surface area contributed by atoms with E-state index in [2.05, 4.69) is 10.2 Å². The predicted molar refractivity (Wildman–Crippen MR) is 75.8 cm³/mol. The number of ether oxygens (including phenoxy) is 1. The Labute approximate surface area is 122 Å². The molecule has 2 aromatic heterocycles. The third kappa shape index (κ3) is 2.87. The van der Waals surface area contributed by atoms with Crippen LogP contribution in [0, 0.1) is 6.92 Å². The van der Waals surface area contributed by atoms with Gasteiger partial charge in [-0.3, -0.25) is 9.36 Å². The molecule has 0 saturated heterocycles. The molecule has 1 N–H and O–H groups in total. The molecule has 1 atom stereocenters. The van der Waals surface area contributed by atoms with Crippen LogP contribution in [0.5, 0.6) is 0 Å². The number of aryl methyl sites for hydroxylation is 2. The molecular weight excluding hydrogens is 280 g/mol. The molecule has 0 saturated carbocycles. The lowest BCUT2D eigenvalue weighted by Gasteiger charge is -2.15. The normalized spacial score (nSPS) is 12.8. The number of halogens is 1. The van der Waals surface area contributed by atoms with Gasteiger partial charge in [0.25, 0.3) is 0 Å². The minimum Gasteiger partial charge on any atom is -0.383 e. The zero-order chi connectivity index (χ0) is 14.7. The SMILES string of the molecule is CCn1nc(C)cc1C(O)c1c(Cl)cnn1CCOC. The summed E-state index contributed by atoms with van der Waals surface area (Å²) in [7, 11) is 1.62. The molecule has 0 bridgehead atoms. The van der Waals surface area contributed by atoms with Gasteiger partial charge in [0.05, 0.1) is 41.5 Å². The molecule has 20 heavy (non-hydrogen) atoms. The molecular formula is C13H19ClN4O2. The van der Waals surface area contributed by atoms with E-state index < -0.39 is 6.10 Å². The Hall–Kier alpha value is -1.37. The molecule has 0 fully saturated rings. The lowest BCUT2D eigenvalue weighted by molar-refractivity contribution is 0.168. The first-order valence-electron chi connectivity index (χ1n) is 6.51. The summed E-state index contributed by atoms with van der Waals surface area (Å²) in [6.07, 6.45) is 0.679. The van der Waals surface area contributed by atoms with Crippen LogP contribution in [0.3, 0.4) is 0 Å². The number of rotatable bonds is 6. The smallest absolute Gasteiger partial charge is 0.139 e. The third-order valence-electron chi connectivity index (χ3n) is 3.11. The zero-order valence-electron chi connectivity index (χ0n) is 11.9. The van der Waals surface area contributed by atoms with Gasteiger partial charge in [-0.1, -0.05) is 11.6 Å². The first kappa shape index (κ1) is 15.0. The van der Waals surface area contributed by atoms with Crippen molar-refractivity contribution in [2.24, 2.45) is 0 Å². The number of aliphatic hydroxyl groups excluding tert-OH is 1. The van der Waals surface area contributed by atoms with Gasteiger partial charge in [-0.15, -0.1) is 0 Å². The highest BCUT2D eigenvalue weighted by molar-refractivity contribution is 6.31. The minimum atomic E-state index is -0.858. The Balaban J connectivity index is 2.36.